The third-order valence-electron chi connectivity index (χ3n) is 3.87. The van der Waals surface area contributed by atoms with Gasteiger partial charge in [0.05, 0.1) is 31.3 Å². The average molecular weight is 494 g/mol. The van der Waals surface area contributed by atoms with Crippen molar-refractivity contribution >= 4 is 39.7 Å². The number of hydrogen-bond donors (Lipinski definition) is 1. The maximum atomic E-state index is 12.1. The summed E-state index contributed by atoms with van der Waals surface area (Å²) in [6, 6.07) is 9.22. The number of rotatable bonds is 10. The lowest BCUT2D eigenvalue weighted by molar-refractivity contribution is -0.385. The predicted molar refractivity (Wildman–Crippen MR) is 115 cm³/mol. The Bertz CT molecular complexity index is 995. The second-order valence-electron chi connectivity index (χ2n) is 5.97. The van der Waals surface area contributed by atoms with Gasteiger partial charge in [0.2, 0.25) is 5.91 Å². The van der Waals surface area contributed by atoms with Gasteiger partial charge in [-0.05, 0) is 35.0 Å². The van der Waals surface area contributed by atoms with Crippen molar-refractivity contribution < 1.29 is 28.7 Å². The van der Waals surface area contributed by atoms with Gasteiger partial charge in [-0.1, -0.05) is 18.2 Å². The van der Waals surface area contributed by atoms with Crippen molar-refractivity contribution in [3.8, 4) is 11.5 Å². The van der Waals surface area contributed by atoms with Gasteiger partial charge in [-0.25, -0.2) is 10.2 Å². The molecule has 0 spiro atoms. The van der Waals surface area contributed by atoms with Crippen LogP contribution in [0.5, 0.6) is 11.5 Å². The number of para-hydroxylation sites is 1. The molecule has 0 bridgehead atoms. The number of esters is 1. The van der Waals surface area contributed by atoms with Crippen molar-refractivity contribution in [1.82, 2.24) is 5.43 Å². The Hall–Kier alpha value is -3.47. The predicted octanol–water partition coefficient (Wildman–Crippen LogP) is 3.00. The summed E-state index contributed by atoms with van der Waals surface area (Å²) in [7, 11) is 1.26. The molecular formula is C20H20BrN3O7. The lowest BCUT2D eigenvalue weighted by Gasteiger charge is -2.13. The summed E-state index contributed by atoms with van der Waals surface area (Å²) in [5, 5.41) is 14.9. The molecule has 0 saturated carbocycles. The molecule has 0 radical (unpaired) electrons. The highest BCUT2D eigenvalue weighted by molar-refractivity contribution is 9.10. The SMILES string of the molecule is CCOc1cc(C=NNC(=O)Cc2ccccc2[N+](=O)[O-])c(Br)cc1OCC(=O)OC. The Labute approximate surface area is 186 Å². The number of nitro groups is 1. The molecule has 1 N–H and O–H groups in total. The van der Waals surface area contributed by atoms with E-state index >= 15 is 0 Å². The zero-order chi connectivity index (χ0) is 22.8. The molecule has 0 heterocycles. The smallest absolute Gasteiger partial charge is 0.343 e. The minimum Gasteiger partial charge on any atom is -0.490 e. The van der Waals surface area contributed by atoms with Crippen molar-refractivity contribution in [2.75, 3.05) is 20.3 Å². The van der Waals surface area contributed by atoms with Gasteiger partial charge in [0, 0.05) is 21.7 Å². The third-order valence-corrected chi connectivity index (χ3v) is 4.56. The van der Waals surface area contributed by atoms with E-state index in [9.17, 15) is 19.7 Å². The van der Waals surface area contributed by atoms with Crippen LogP contribution in [0.3, 0.4) is 0 Å². The maximum absolute atomic E-state index is 12.1. The molecule has 2 aromatic carbocycles. The van der Waals surface area contributed by atoms with E-state index < -0.39 is 16.8 Å². The van der Waals surface area contributed by atoms with Crippen molar-refractivity contribution in [3.63, 3.8) is 0 Å². The van der Waals surface area contributed by atoms with Crippen LogP contribution in [0.1, 0.15) is 18.1 Å². The van der Waals surface area contributed by atoms with Crippen molar-refractivity contribution in [3.05, 3.63) is 62.1 Å². The van der Waals surface area contributed by atoms with E-state index in [1.807, 2.05) is 0 Å². The van der Waals surface area contributed by atoms with Gasteiger partial charge < -0.3 is 14.2 Å². The number of halogens is 1. The van der Waals surface area contributed by atoms with Crippen LogP contribution < -0.4 is 14.9 Å². The summed E-state index contributed by atoms with van der Waals surface area (Å²) in [6.45, 7) is 1.88. The quantitative estimate of drug-likeness (QED) is 0.233. The number of ether oxygens (including phenoxy) is 3. The van der Waals surface area contributed by atoms with Gasteiger partial charge in [-0.15, -0.1) is 0 Å². The summed E-state index contributed by atoms with van der Waals surface area (Å²) in [5.74, 6) is -0.339. The first-order chi connectivity index (χ1) is 14.8. The largest absolute Gasteiger partial charge is 0.490 e. The Morgan fingerprint density at radius 2 is 1.94 bits per heavy atom. The number of nitrogens with one attached hydrogen (secondary N) is 1. The number of hydrogen-bond acceptors (Lipinski definition) is 8. The minimum atomic E-state index is -0.540. The summed E-state index contributed by atoms with van der Waals surface area (Å²) < 4.78 is 16.1. The number of hydrazone groups is 1. The van der Waals surface area contributed by atoms with Crippen LogP contribution in [-0.4, -0.2) is 43.3 Å². The molecule has 2 rings (SSSR count). The second kappa shape index (κ2) is 11.6. The highest BCUT2D eigenvalue weighted by Gasteiger charge is 2.15. The highest BCUT2D eigenvalue weighted by atomic mass is 79.9. The monoisotopic (exact) mass is 493 g/mol. The van der Waals surface area contributed by atoms with Gasteiger partial charge >= 0.3 is 5.97 Å². The molecule has 31 heavy (non-hydrogen) atoms. The fourth-order valence-electron chi connectivity index (χ4n) is 2.45. The first-order valence-electron chi connectivity index (χ1n) is 9.05. The second-order valence-corrected chi connectivity index (χ2v) is 6.83. The van der Waals surface area contributed by atoms with Gasteiger partial charge in [-0.3, -0.25) is 14.9 Å². The zero-order valence-corrected chi connectivity index (χ0v) is 18.4. The van der Waals surface area contributed by atoms with Gasteiger partial charge in [0.1, 0.15) is 0 Å². The molecule has 11 heteroatoms. The standard InChI is InChI=1S/C20H20BrN3O7/c1-3-30-17-8-14(15(21)10-18(17)31-12-20(26)29-2)11-22-23-19(25)9-13-6-4-5-7-16(13)24(27)28/h4-8,10-11H,3,9,12H2,1-2H3,(H,23,25). The highest BCUT2D eigenvalue weighted by Crippen LogP contribution is 2.33. The van der Waals surface area contributed by atoms with E-state index in [2.05, 4.69) is 31.2 Å². The molecular weight excluding hydrogens is 474 g/mol. The first-order valence-corrected chi connectivity index (χ1v) is 9.85. The Kier molecular flexibility index (Phi) is 8.94. The fraction of sp³-hybridized carbons (Fsp3) is 0.250. The molecule has 1 amide bonds. The van der Waals surface area contributed by atoms with Gasteiger partial charge in [-0.2, -0.15) is 5.10 Å². The number of carbonyl (C=O) groups is 2. The van der Waals surface area contributed by atoms with E-state index in [0.717, 1.165) is 0 Å². The molecule has 0 aliphatic heterocycles. The number of amides is 1. The number of methoxy groups -OCH3 is 1. The zero-order valence-electron chi connectivity index (χ0n) is 16.8. The molecule has 0 unspecified atom stereocenters. The van der Waals surface area contributed by atoms with E-state index in [-0.39, 0.29) is 24.3 Å². The van der Waals surface area contributed by atoms with Gasteiger partial charge in [0.25, 0.3) is 5.69 Å². The molecule has 10 nitrogen and oxygen atoms in total. The molecule has 0 aromatic heterocycles. The number of carbonyl (C=O) groups excluding carboxylic acids is 2. The third kappa shape index (κ3) is 7.07. The van der Waals surface area contributed by atoms with Crippen LogP contribution in [0.2, 0.25) is 0 Å². The Balaban J connectivity index is 2.09. The van der Waals surface area contributed by atoms with Crippen LogP contribution in [0.15, 0.2) is 46.0 Å². The Morgan fingerprint density at radius 3 is 2.61 bits per heavy atom. The molecule has 0 fully saturated rings. The maximum Gasteiger partial charge on any atom is 0.343 e. The molecule has 0 aliphatic carbocycles. The molecule has 2 aromatic rings. The van der Waals surface area contributed by atoms with E-state index in [0.29, 0.717) is 28.1 Å². The van der Waals surface area contributed by atoms with E-state index in [1.165, 1.54) is 31.5 Å². The van der Waals surface area contributed by atoms with Crippen molar-refractivity contribution in [2.45, 2.75) is 13.3 Å². The average Bonchev–Trinajstić information content (AvgIpc) is 2.74. The summed E-state index contributed by atoms with van der Waals surface area (Å²) in [5.41, 5.74) is 3.06. The van der Waals surface area contributed by atoms with Crippen molar-refractivity contribution in [2.24, 2.45) is 5.10 Å². The molecule has 0 atom stereocenters. The topological polar surface area (TPSA) is 129 Å². The lowest BCUT2D eigenvalue weighted by atomic mass is 10.1. The number of benzene rings is 2. The summed E-state index contributed by atoms with van der Waals surface area (Å²) >= 11 is 3.37. The van der Waals surface area contributed by atoms with Crippen LogP contribution in [-0.2, 0) is 20.7 Å². The first kappa shape index (κ1) is 23.8. The summed E-state index contributed by atoms with van der Waals surface area (Å²) in [4.78, 5) is 33.9. The normalized spacial score (nSPS) is 10.5. The number of nitrogens with zero attached hydrogens (tertiary/aromatic N) is 2. The van der Waals surface area contributed by atoms with Crippen LogP contribution in [0, 0.1) is 10.1 Å². The van der Waals surface area contributed by atoms with Gasteiger partial charge in [0.15, 0.2) is 18.1 Å². The molecule has 0 aliphatic rings. The number of nitro benzene ring substituents is 1. The summed E-state index contributed by atoms with van der Waals surface area (Å²) in [6.07, 6.45) is 1.19. The van der Waals surface area contributed by atoms with Crippen molar-refractivity contribution in [1.29, 1.82) is 0 Å². The van der Waals surface area contributed by atoms with E-state index in [1.54, 1.807) is 25.1 Å². The lowest BCUT2D eigenvalue weighted by Crippen LogP contribution is -2.20. The molecule has 164 valence electrons. The van der Waals surface area contributed by atoms with Crippen LogP contribution >= 0.6 is 15.9 Å². The van der Waals surface area contributed by atoms with Crippen LogP contribution in [0.4, 0.5) is 5.69 Å². The van der Waals surface area contributed by atoms with Crippen LogP contribution in [0.25, 0.3) is 0 Å². The minimum absolute atomic E-state index is 0.131. The van der Waals surface area contributed by atoms with E-state index in [4.69, 9.17) is 9.47 Å². The Morgan fingerprint density at radius 1 is 1.23 bits per heavy atom. The fourth-order valence-corrected chi connectivity index (χ4v) is 2.88. The molecule has 0 saturated heterocycles.